The zero-order chi connectivity index (χ0) is 9.94. The summed E-state index contributed by atoms with van der Waals surface area (Å²) in [4.78, 5) is 0. The quantitative estimate of drug-likeness (QED) is 0.368. The van der Waals surface area contributed by atoms with E-state index >= 15 is 0 Å². The van der Waals surface area contributed by atoms with E-state index in [0.717, 1.165) is 5.92 Å². The molecule has 0 aromatic rings. The summed E-state index contributed by atoms with van der Waals surface area (Å²) in [7, 11) is 0. The van der Waals surface area contributed by atoms with E-state index in [-0.39, 0.29) is 0 Å². The fourth-order valence-electron chi connectivity index (χ4n) is 1.35. The molecule has 0 saturated carbocycles. The van der Waals surface area contributed by atoms with Crippen LogP contribution < -0.4 is 0 Å². The number of rotatable bonds is 8. The topological polar surface area (TPSA) is 0 Å². The summed E-state index contributed by atoms with van der Waals surface area (Å²) >= 11 is 0. The first-order valence-electron chi connectivity index (χ1n) is 5.92. The van der Waals surface area contributed by atoms with Crippen molar-refractivity contribution in [1.82, 2.24) is 0 Å². The van der Waals surface area contributed by atoms with Gasteiger partial charge in [0.1, 0.15) is 0 Å². The molecule has 0 aliphatic rings. The Balaban J connectivity index is 3.03. The van der Waals surface area contributed by atoms with Gasteiger partial charge >= 0.3 is 0 Å². The highest BCUT2D eigenvalue weighted by Crippen LogP contribution is 2.06. The van der Waals surface area contributed by atoms with Gasteiger partial charge < -0.3 is 0 Å². The normalized spacial score (nSPS) is 11.7. The third-order valence-electron chi connectivity index (χ3n) is 2.30. The molecule has 0 fully saturated rings. The maximum Gasteiger partial charge on any atom is -0.0348 e. The summed E-state index contributed by atoms with van der Waals surface area (Å²) in [6.45, 7) is 6.84. The maximum atomic E-state index is 2.36. The molecule has 0 nitrogen and oxygen atoms in total. The van der Waals surface area contributed by atoms with E-state index in [0.29, 0.717) is 0 Å². The predicted octanol–water partition coefficient (Wildman–Crippen LogP) is 4.95. The highest BCUT2D eigenvalue weighted by molar-refractivity contribution is 4.81. The fourth-order valence-corrected chi connectivity index (χ4v) is 1.35. The minimum Gasteiger partial charge on any atom is -0.0885 e. The van der Waals surface area contributed by atoms with Crippen LogP contribution >= 0.6 is 0 Å². The standard InChI is InChI=1S/C13H26/c1-4-5-6-7-8-9-10-11-12-13(2)3/h9-10,13H,4-8,11-12H2,1-3H3/b10-9+. The molecule has 78 valence electrons. The summed E-state index contributed by atoms with van der Waals surface area (Å²) in [5.74, 6) is 0.852. The number of allylic oxidation sites excluding steroid dienone is 2. The molecule has 0 heterocycles. The van der Waals surface area contributed by atoms with Crippen LogP contribution in [0.3, 0.4) is 0 Å². The molecule has 13 heavy (non-hydrogen) atoms. The Morgan fingerprint density at radius 2 is 1.62 bits per heavy atom. The summed E-state index contributed by atoms with van der Waals surface area (Å²) in [5, 5.41) is 0. The van der Waals surface area contributed by atoms with Gasteiger partial charge in [-0.15, -0.1) is 0 Å². The van der Waals surface area contributed by atoms with Crippen molar-refractivity contribution in [3.63, 3.8) is 0 Å². The minimum absolute atomic E-state index is 0.852. The van der Waals surface area contributed by atoms with Crippen molar-refractivity contribution in [2.24, 2.45) is 5.92 Å². The van der Waals surface area contributed by atoms with E-state index in [9.17, 15) is 0 Å². The van der Waals surface area contributed by atoms with Gasteiger partial charge in [0, 0.05) is 0 Å². The lowest BCUT2D eigenvalue weighted by Crippen LogP contribution is -1.83. The van der Waals surface area contributed by atoms with Crippen molar-refractivity contribution in [2.75, 3.05) is 0 Å². The summed E-state index contributed by atoms with van der Waals surface area (Å²) < 4.78 is 0. The maximum absolute atomic E-state index is 2.36. The number of hydrogen-bond acceptors (Lipinski definition) is 0. The Hall–Kier alpha value is -0.260. The van der Waals surface area contributed by atoms with Gasteiger partial charge in [-0.25, -0.2) is 0 Å². The van der Waals surface area contributed by atoms with Gasteiger partial charge in [-0.3, -0.25) is 0 Å². The van der Waals surface area contributed by atoms with E-state index in [1.54, 1.807) is 0 Å². The molecular weight excluding hydrogens is 156 g/mol. The minimum atomic E-state index is 0.852. The first-order valence-corrected chi connectivity index (χ1v) is 5.92. The van der Waals surface area contributed by atoms with Crippen molar-refractivity contribution in [3.8, 4) is 0 Å². The van der Waals surface area contributed by atoms with Crippen LogP contribution in [-0.4, -0.2) is 0 Å². The third-order valence-corrected chi connectivity index (χ3v) is 2.30. The molecule has 0 heteroatoms. The van der Waals surface area contributed by atoms with Crippen LogP contribution in [0.25, 0.3) is 0 Å². The average molecular weight is 182 g/mol. The number of hydrogen-bond donors (Lipinski definition) is 0. The van der Waals surface area contributed by atoms with Crippen LogP contribution in [0.1, 0.15) is 65.7 Å². The van der Waals surface area contributed by atoms with Crippen LogP contribution in [0.4, 0.5) is 0 Å². The Morgan fingerprint density at radius 1 is 0.923 bits per heavy atom. The second-order valence-corrected chi connectivity index (χ2v) is 4.29. The molecular formula is C13H26. The second-order valence-electron chi connectivity index (χ2n) is 4.29. The molecule has 0 amide bonds. The van der Waals surface area contributed by atoms with Crippen LogP contribution in [0, 0.1) is 5.92 Å². The molecule has 0 aromatic carbocycles. The second kappa shape index (κ2) is 9.83. The summed E-state index contributed by atoms with van der Waals surface area (Å²) in [5.41, 5.74) is 0. The first kappa shape index (κ1) is 12.7. The SMILES string of the molecule is CCCCCC/C=C/CCC(C)C. The van der Waals surface area contributed by atoms with E-state index < -0.39 is 0 Å². The Morgan fingerprint density at radius 3 is 2.23 bits per heavy atom. The monoisotopic (exact) mass is 182 g/mol. The third kappa shape index (κ3) is 11.7. The van der Waals surface area contributed by atoms with E-state index in [4.69, 9.17) is 0 Å². The zero-order valence-corrected chi connectivity index (χ0v) is 9.68. The van der Waals surface area contributed by atoms with Gasteiger partial charge in [0.2, 0.25) is 0 Å². The largest absolute Gasteiger partial charge is 0.0885 e. The molecule has 0 saturated heterocycles. The van der Waals surface area contributed by atoms with Crippen LogP contribution in [0.5, 0.6) is 0 Å². The van der Waals surface area contributed by atoms with Gasteiger partial charge in [0.15, 0.2) is 0 Å². The molecule has 0 N–H and O–H groups in total. The predicted molar refractivity (Wildman–Crippen MR) is 62.0 cm³/mol. The van der Waals surface area contributed by atoms with Crippen LogP contribution in [0.15, 0.2) is 12.2 Å². The van der Waals surface area contributed by atoms with Crippen molar-refractivity contribution in [3.05, 3.63) is 12.2 Å². The lowest BCUT2D eigenvalue weighted by Gasteiger charge is -1.99. The molecule has 0 atom stereocenters. The molecule has 0 radical (unpaired) electrons. The first-order chi connectivity index (χ1) is 6.27. The van der Waals surface area contributed by atoms with Crippen molar-refractivity contribution in [2.45, 2.75) is 65.7 Å². The average Bonchev–Trinajstić information content (AvgIpc) is 2.09. The smallest absolute Gasteiger partial charge is 0.0348 e. The molecule has 0 spiro atoms. The molecule has 0 aliphatic heterocycles. The van der Waals surface area contributed by atoms with Gasteiger partial charge in [0.05, 0.1) is 0 Å². The van der Waals surface area contributed by atoms with E-state index in [1.807, 2.05) is 0 Å². The highest BCUT2D eigenvalue weighted by Gasteiger charge is 1.89. The van der Waals surface area contributed by atoms with Crippen LogP contribution in [-0.2, 0) is 0 Å². The molecule has 0 bridgehead atoms. The van der Waals surface area contributed by atoms with Gasteiger partial charge in [-0.05, 0) is 31.6 Å². The summed E-state index contributed by atoms with van der Waals surface area (Å²) in [6, 6.07) is 0. The Bertz CT molecular complexity index is 111. The van der Waals surface area contributed by atoms with Gasteiger partial charge in [-0.2, -0.15) is 0 Å². The van der Waals surface area contributed by atoms with Gasteiger partial charge in [-0.1, -0.05) is 52.2 Å². The van der Waals surface area contributed by atoms with Crippen molar-refractivity contribution in [1.29, 1.82) is 0 Å². The highest BCUT2D eigenvalue weighted by atomic mass is 14.0. The number of unbranched alkanes of at least 4 members (excludes halogenated alkanes) is 4. The summed E-state index contributed by atoms with van der Waals surface area (Å²) in [6.07, 6.45) is 14.1. The molecule has 0 unspecified atom stereocenters. The Kier molecular flexibility index (Phi) is 9.63. The molecule has 0 aromatic heterocycles. The van der Waals surface area contributed by atoms with Gasteiger partial charge in [0.25, 0.3) is 0 Å². The Labute approximate surface area is 84.4 Å². The van der Waals surface area contributed by atoms with E-state index in [1.165, 1.54) is 44.9 Å². The lowest BCUT2D eigenvalue weighted by molar-refractivity contribution is 0.593. The lowest BCUT2D eigenvalue weighted by atomic mass is 10.1. The fraction of sp³-hybridized carbons (Fsp3) is 0.846. The molecule has 0 rings (SSSR count). The van der Waals surface area contributed by atoms with Crippen LogP contribution in [0.2, 0.25) is 0 Å². The van der Waals surface area contributed by atoms with Crippen molar-refractivity contribution < 1.29 is 0 Å². The van der Waals surface area contributed by atoms with Crippen molar-refractivity contribution >= 4 is 0 Å². The molecule has 0 aliphatic carbocycles. The zero-order valence-electron chi connectivity index (χ0n) is 9.68. The van der Waals surface area contributed by atoms with E-state index in [2.05, 4.69) is 32.9 Å².